The van der Waals surface area contributed by atoms with Gasteiger partial charge >= 0.3 is 0 Å². The molecule has 0 aromatic heterocycles. The van der Waals surface area contributed by atoms with Gasteiger partial charge in [0.1, 0.15) is 0 Å². The number of hydrogen-bond donors (Lipinski definition) is 2. The molecule has 0 rings (SSSR count). The highest BCUT2D eigenvalue weighted by molar-refractivity contribution is 5.76. The van der Waals surface area contributed by atoms with Gasteiger partial charge in [0.05, 0.1) is 25.2 Å². The second-order valence-corrected chi connectivity index (χ2v) is 4.17. The van der Waals surface area contributed by atoms with E-state index in [1.807, 2.05) is 13.8 Å². The highest BCUT2D eigenvalue weighted by Gasteiger charge is 2.18. The second kappa shape index (κ2) is 8.50. The zero-order valence-corrected chi connectivity index (χ0v) is 10.7. The zero-order chi connectivity index (χ0) is 12.6. The molecule has 2 atom stereocenters. The molecule has 2 unspecified atom stereocenters. The minimum Gasteiger partial charge on any atom is -0.383 e. The molecule has 16 heavy (non-hydrogen) atoms. The van der Waals surface area contributed by atoms with E-state index in [-0.39, 0.29) is 18.1 Å². The zero-order valence-electron chi connectivity index (χ0n) is 10.7. The van der Waals surface area contributed by atoms with Gasteiger partial charge in [-0.15, -0.1) is 0 Å². The Morgan fingerprint density at radius 2 is 2.00 bits per heavy atom. The molecule has 3 N–H and O–H groups in total. The summed E-state index contributed by atoms with van der Waals surface area (Å²) in [6.45, 7) is 4.95. The van der Waals surface area contributed by atoms with Crippen LogP contribution in [0.4, 0.5) is 0 Å². The molecule has 0 aromatic rings. The summed E-state index contributed by atoms with van der Waals surface area (Å²) in [5.74, 6) is 0.288. The van der Waals surface area contributed by atoms with Crippen LogP contribution < -0.4 is 11.1 Å². The number of amides is 1. The third kappa shape index (κ3) is 6.05. The predicted octanol–water partition coefficient (Wildman–Crippen LogP) is 0.137. The first-order valence-electron chi connectivity index (χ1n) is 5.56. The molecule has 0 fully saturated rings. The third-order valence-electron chi connectivity index (χ3n) is 2.51. The fourth-order valence-electron chi connectivity index (χ4n) is 1.32. The van der Waals surface area contributed by atoms with Crippen molar-refractivity contribution in [3.63, 3.8) is 0 Å². The third-order valence-corrected chi connectivity index (χ3v) is 2.51. The molecule has 96 valence electrons. The van der Waals surface area contributed by atoms with Gasteiger partial charge in [-0.3, -0.25) is 4.79 Å². The molecule has 5 heteroatoms. The van der Waals surface area contributed by atoms with Gasteiger partial charge in [0, 0.05) is 20.8 Å². The van der Waals surface area contributed by atoms with E-state index in [9.17, 15) is 4.79 Å². The Morgan fingerprint density at radius 1 is 1.38 bits per heavy atom. The quantitative estimate of drug-likeness (QED) is 0.624. The van der Waals surface area contributed by atoms with Gasteiger partial charge in [-0.25, -0.2) is 0 Å². The molecule has 0 aromatic carbocycles. The van der Waals surface area contributed by atoms with Crippen LogP contribution >= 0.6 is 0 Å². The number of nitrogens with two attached hydrogens (primary N) is 1. The average Bonchev–Trinajstić information content (AvgIpc) is 2.25. The van der Waals surface area contributed by atoms with Crippen molar-refractivity contribution >= 4 is 5.91 Å². The summed E-state index contributed by atoms with van der Waals surface area (Å²) in [6.07, 6.45) is 0.0790. The Labute approximate surface area is 97.7 Å². The Kier molecular flexibility index (Phi) is 8.15. The largest absolute Gasteiger partial charge is 0.383 e. The summed E-state index contributed by atoms with van der Waals surface area (Å²) in [7, 11) is 3.18. The van der Waals surface area contributed by atoms with Crippen LogP contribution in [-0.4, -0.2) is 45.4 Å². The lowest BCUT2D eigenvalue weighted by atomic mass is 10.0. The average molecular weight is 232 g/mol. The van der Waals surface area contributed by atoms with E-state index < -0.39 is 0 Å². The van der Waals surface area contributed by atoms with Crippen molar-refractivity contribution in [1.82, 2.24) is 5.32 Å². The van der Waals surface area contributed by atoms with Gasteiger partial charge in [0.15, 0.2) is 0 Å². The van der Waals surface area contributed by atoms with Crippen LogP contribution in [0.2, 0.25) is 0 Å². The highest BCUT2D eigenvalue weighted by Crippen LogP contribution is 2.03. The minimum atomic E-state index is -0.213. The Balaban J connectivity index is 4.08. The summed E-state index contributed by atoms with van der Waals surface area (Å²) >= 11 is 0. The summed E-state index contributed by atoms with van der Waals surface area (Å²) < 4.78 is 10.1. The van der Waals surface area contributed by atoms with Crippen LogP contribution in [0.5, 0.6) is 0 Å². The highest BCUT2D eigenvalue weighted by atomic mass is 16.5. The Hall–Kier alpha value is -0.650. The van der Waals surface area contributed by atoms with E-state index in [0.29, 0.717) is 25.5 Å². The molecule has 0 bridgehead atoms. The maximum Gasteiger partial charge on any atom is 0.222 e. The maximum atomic E-state index is 11.7. The molecule has 0 spiro atoms. The SMILES string of the molecule is COCC(NC(=O)CC(CN)OC)C(C)C. The first kappa shape index (κ1) is 15.3. The summed E-state index contributed by atoms with van der Waals surface area (Å²) in [5, 5.41) is 2.92. The van der Waals surface area contributed by atoms with Crippen LogP contribution in [0.25, 0.3) is 0 Å². The van der Waals surface area contributed by atoms with E-state index in [1.54, 1.807) is 14.2 Å². The Bertz CT molecular complexity index is 194. The van der Waals surface area contributed by atoms with Gasteiger partial charge in [0.25, 0.3) is 0 Å². The smallest absolute Gasteiger partial charge is 0.222 e. The number of rotatable bonds is 8. The van der Waals surface area contributed by atoms with Crippen LogP contribution in [-0.2, 0) is 14.3 Å². The van der Waals surface area contributed by atoms with Crippen molar-refractivity contribution in [3.8, 4) is 0 Å². The molecule has 0 saturated heterocycles. The van der Waals surface area contributed by atoms with Crippen molar-refractivity contribution in [2.24, 2.45) is 11.7 Å². The normalized spacial score (nSPS) is 14.9. The summed E-state index contributed by atoms with van der Waals surface area (Å²) in [5.41, 5.74) is 5.45. The molecular formula is C11H24N2O3. The lowest BCUT2D eigenvalue weighted by Crippen LogP contribution is -2.43. The van der Waals surface area contributed by atoms with Crippen molar-refractivity contribution < 1.29 is 14.3 Å². The number of carbonyl (C=O) groups is 1. The molecule has 0 saturated carbocycles. The van der Waals surface area contributed by atoms with E-state index >= 15 is 0 Å². The monoisotopic (exact) mass is 232 g/mol. The standard InChI is InChI=1S/C11H24N2O3/c1-8(2)10(7-15-3)13-11(14)5-9(6-12)16-4/h8-10H,5-7,12H2,1-4H3,(H,13,14). The number of ether oxygens (including phenoxy) is 2. The summed E-state index contributed by atoms with van der Waals surface area (Å²) in [4.78, 5) is 11.7. The molecule has 0 aliphatic heterocycles. The minimum absolute atomic E-state index is 0.0350. The first-order chi connectivity index (χ1) is 7.54. The van der Waals surface area contributed by atoms with Crippen molar-refractivity contribution in [2.75, 3.05) is 27.4 Å². The molecular weight excluding hydrogens is 208 g/mol. The van der Waals surface area contributed by atoms with E-state index in [0.717, 1.165) is 0 Å². The second-order valence-electron chi connectivity index (χ2n) is 4.17. The summed E-state index contributed by atoms with van der Waals surface area (Å²) in [6, 6.07) is 0.0350. The van der Waals surface area contributed by atoms with E-state index in [2.05, 4.69) is 5.32 Å². The van der Waals surface area contributed by atoms with Gasteiger partial charge in [-0.1, -0.05) is 13.8 Å². The number of nitrogens with one attached hydrogen (secondary N) is 1. The molecule has 0 radical (unpaired) electrons. The maximum absolute atomic E-state index is 11.7. The van der Waals surface area contributed by atoms with Gasteiger partial charge in [-0.05, 0) is 5.92 Å². The Morgan fingerprint density at radius 3 is 2.38 bits per heavy atom. The van der Waals surface area contributed by atoms with Crippen molar-refractivity contribution in [3.05, 3.63) is 0 Å². The molecule has 5 nitrogen and oxygen atoms in total. The van der Waals surface area contributed by atoms with Crippen LogP contribution in [0.1, 0.15) is 20.3 Å². The van der Waals surface area contributed by atoms with E-state index in [4.69, 9.17) is 15.2 Å². The molecule has 0 heterocycles. The first-order valence-corrected chi connectivity index (χ1v) is 5.56. The van der Waals surface area contributed by atoms with Crippen LogP contribution in [0, 0.1) is 5.92 Å². The predicted molar refractivity (Wildman–Crippen MR) is 63.1 cm³/mol. The number of methoxy groups -OCH3 is 2. The van der Waals surface area contributed by atoms with Gasteiger partial charge in [-0.2, -0.15) is 0 Å². The fourth-order valence-corrected chi connectivity index (χ4v) is 1.32. The fraction of sp³-hybridized carbons (Fsp3) is 0.909. The lowest BCUT2D eigenvalue weighted by molar-refractivity contribution is -0.124. The van der Waals surface area contributed by atoms with Crippen molar-refractivity contribution in [2.45, 2.75) is 32.4 Å². The number of hydrogen-bond acceptors (Lipinski definition) is 4. The topological polar surface area (TPSA) is 73.6 Å². The van der Waals surface area contributed by atoms with Gasteiger partial charge < -0.3 is 20.5 Å². The lowest BCUT2D eigenvalue weighted by Gasteiger charge is -2.22. The molecule has 0 aliphatic rings. The van der Waals surface area contributed by atoms with Gasteiger partial charge in [0.2, 0.25) is 5.91 Å². The van der Waals surface area contributed by atoms with E-state index in [1.165, 1.54) is 0 Å². The number of carbonyl (C=O) groups excluding carboxylic acids is 1. The van der Waals surface area contributed by atoms with Crippen LogP contribution in [0.15, 0.2) is 0 Å². The van der Waals surface area contributed by atoms with Crippen molar-refractivity contribution in [1.29, 1.82) is 0 Å². The molecule has 1 amide bonds. The molecule has 0 aliphatic carbocycles. The van der Waals surface area contributed by atoms with Crippen LogP contribution in [0.3, 0.4) is 0 Å².